The van der Waals surface area contributed by atoms with Gasteiger partial charge in [0.2, 0.25) is 0 Å². The van der Waals surface area contributed by atoms with Crippen LogP contribution < -0.4 is 4.74 Å². The van der Waals surface area contributed by atoms with Crippen molar-refractivity contribution in [2.75, 3.05) is 33.0 Å². The van der Waals surface area contributed by atoms with E-state index in [-0.39, 0.29) is 25.2 Å². The molecule has 0 radical (unpaired) electrons. The first kappa shape index (κ1) is 16.1. The summed E-state index contributed by atoms with van der Waals surface area (Å²) < 4.78 is 10.8. The molecule has 1 amide bonds. The van der Waals surface area contributed by atoms with E-state index >= 15 is 0 Å². The van der Waals surface area contributed by atoms with Crippen LogP contribution in [-0.4, -0.2) is 54.9 Å². The van der Waals surface area contributed by atoms with Crippen molar-refractivity contribution in [1.82, 2.24) is 4.90 Å². The highest BCUT2D eigenvalue weighted by Crippen LogP contribution is 2.25. The van der Waals surface area contributed by atoms with Gasteiger partial charge in [-0.3, -0.25) is 4.79 Å². The predicted octanol–water partition coefficient (Wildman–Crippen LogP) is 1.56. The Balaban J connectivity index is 1.97. The summed E-state index contributed by atoms with van der Waals surface area (Å²) in [5, 5.41) is 9.98. The molecule has 6 heteroatoms. The molecule has 1 unspecified atom stereocenters. The van der Waals surface area contributed by atoms with Crippen molar-refractivity contribution >= 4 is 17.5 Å². The molecule has 1 aliphatic rings. The quantitative estimate of drug-likeness (QED) is 0.916. The lowest BCUT2D eigenvalue weighted by Gasteiger charge is -2.34. The van der Waals surface area contributed by atoms with Crippen LogP contribution in [0.1, 0.15) is 11.1 Å². The number of amides is 1. The van der Waals surface area contributed by atoms with Crippen LogP contribution in [0.3, 0.4) is 0 Å². The molecule has 0 aliphatic carbocycles. The average molecular weight is 314 g/mol. The van der Waals surface area contributed by atoms with E-state index in [2.05, 4.69) is 0 Å². The van der Waals surface area contributed by atoms with E-state index < -0.39 is 0 Å². The van der Waals surface area contributed by atoms with Crippen molar-refractivity contribution in [1.29, 1.82) is 0 Å². The zero-order chi connectivity index (χ0) is 15.4. The second-order valence-corrected chi connectivity index (χ2v) is 5.54. The monoisotopic (exact) mass is 313 g/mol. The summed E-state index contributed by atoms with van der Waals surface area (Å²) in [6, 6.07) is 3.33. The molecule has 1 fully saturated rings. The Morgan fingerprint density at radius 2 is 2.14 bits per heavy atom. The van der Waals surface area contributed by atoms with Crippen molar-refractivity contribution in [3.8, 4) is 5.75 Å². The second kappa shape index (κ2) is 7.11. The van der Waals surface area contributed by atoms with Crippen LogP contribution in [0.4, 0.5) is 0 Å². The fourth-order valence-corrected chi connectivity index (χ4v) is 2.46. The number of halogens is 1. The van der Waals surface area contributed by atoms with Gasteiger partial charge in [-0.05, 0) is 37.1 Å². The lowest BCUT2D eigenvalue weighted by atomic mass is 10.1. The number of hydrogen-bond donors (Lipinski definition) is 1. The van der Waals surface area contributed by atoms with E-state index in [9.17, 15) is 9.90 Å². The van der Waals surface area contributed by atoms with Crippen molar-refractivity contribution in [2.45, 2.75) is 19.9 Å². The third kappa shape index (κ3) is 3.87. The zero-order valence-corrected chi connectivity index (χ0v) is 13.0. The van der Waals surface area contributed by atoms with Gasteiger partial charge in [0, 0.05) is 11.6 Å². The molecule has 0 bridgehead atoms. The summed E-state index contributed by atoms with van der Waals surface area (Å²) in [7, 11) is 0. The fourth-order valence-electron chi connectivity index (χ4n) is 2.35. The number of aliphatic hydroxyl groups is 1. The number of benzene rings is 1. The normalized spacial score (nSPS) is 18.7. The number of aryl methyl sites for hydroxylation is 2. The second-order valence-electron chi connectivity index (χ2n) is 5.16. The molecule has 0 spiro atoms. The lowest BCUT2D eigenvalue weighted by Crippen LogP contribution is -2.51. The Bertz CT molecular complexity index is 497. The van der Waals surface area contributed by atoms with Gasteiger partial charge >= 0.3 is 0 Å². The van der Waals surface area contributed by atoms with Crippen molar-refractivity contribution < 1.29 is 19.4 Å². The van der Waals surface area contributed by atoms with Crippen LogP contribution in [0.25, 0.3) is 0 Å². The minimum atomic E-state index is -0.288. The third-order valence-electron chi connectivity index (χ3n) is 3.53. The topological polar surface area (TPSA) is 59.0 Å². The van der Waals surface area contributed by atoms with Crippen LogP contribution in [0.2, 0.25) is 5.02 Å². The summed E-state index contributed by atoms with van der Waals surface area (Å²) in [6.45, 7) is 4.96. The predicted molar refractivity (Wildman–Crippen MR) is 79.8 cm³/mol. The number of hydrogen-bond acceptors (Lipinski definition) is 4. The standard InChI is InChI=1S/C15H20ClNO4/c1-10-5-13(6-11(2)15(10)16)21-9-14(19)17-3-4-20-8-12(17)7-18/h5-6,12,18H,3-4,7-9H2,1-2H3. The van der Waals surface area contributed by atoms with E-state index in [1.165, 1.54) is 0 Å². The molecule has 116 valence electrons. The van der Waals surface area contributed by atoms with Crippen LogP contribution in [-0.2, 0) is 9.53 Å². The number of aliphatic hydroxyl groups excluding tert-OH is 1. The third-order valence-corrected chi connectivity index (χ3v) is 4.13. The largest absolute Gasteiger partial charge is 0.484 e. The molecular formula is C15H20ClNO4. The number of morpholine rings is 1. The summed E-state index contributed by atoms with van der Waals surface area (Å²) in [4.78, 5) is 13.8. The van der Waals surface area contributed by atoms with Gasteiger partial charge in [-0.2, -0.15) is 0 Å². The Morgan fingerprint density at radius 3 is 2.76 bits per heavy atom. The highest BCUT2D eigenvalue weighted by Gasteiger charge is 2.26. The van der Waals surface area contributed by atoms with E-state index in [4.69, 9.17) is 21.1 Å². The molecule has 1 saturated heterocycles. The van der Waals surface area contributed by atoms with Crippen molar-refractivity contribution in [3.05, 3.63) is 28.3 Å². The van der Waals surface area contributed by atoms with Crippen molar-refractivity contribution in [3.63, 3.8) is 0 Å². The molecule has 1 aliphatic heterocycles. The van der Waals surface area contributed by atoms with Gasteiger partial charge in [0.25, 0.3) is 5.91 Å². The minimum absolute atomic E-state index is 0.0585. The molecule has 1 N–H and O–H groups in total. The van der Waals surface area contributed by atoms with E-state index in [1.54, 1.807) is 4.90 Å². The summed E-state index contributed by atoms with van der Waals surface area (Å²) >= 11 is 6.10. The zero-order valence-electron chi connectivity index (χ0n) is 12.3. The molecule has 1 heterocycles. The Hall–Kier alpha value is -1.30. The molecule has 1 atom stereocenters. The summed E-state index contributed by atoms with van der Waals surface area (Å²) in [5.74, 6) is 0.471. The Labute approximate surface area is 129 Å². The van der Waals surface area contributed by atoms with E-state index in [1.807, 2.05) is 26.0 Å². The van der Waals surface area contributed by atoms with Gasteiger partial charge in [0.1, 0.15) is 5.75 Å². The maximum absolute atomic E-state index is 12.2. The highest BCUT2D eigenvalue weighted by atomic mass is 35.5. The molecule has 5 nitrogen and oxygen atoms in total. The number of carbonyl (C=O) groups excluding carboxylic acids is 1. The first-order valence-corrected chi connectivity index (χ1v) is 7.28. The summed E-state index contributed by atoms with van der Waals surface area (Å²) in [5.41, 5.74) is 1.83. The maximum Gasteiger partial charge on any atom is 0.260 e. The van der Waals surface area contributed by atoms with Gasteiger partial charge in [0.05, 0.1) is 25.9 Å². The lowest BCUT2D eigenvalue weighted by molar-refractivity contribution is -0.143. The highest BCUT2D eigenvalue weighted by molar-refractivity contribution is 6.32. The Kier molecular flexibility index (Phi) is 5.45. The molecule has 0 saturated carbocycles. The van der Waals surface area contributed by atoms with Gasteiger partial charge in [-0.1, -0.05) is 11.6 Å². The molecular weight excluding hydrogens is 294 g/mol. The smallest absolute Gasteiger partial charge is 0.260 e. The first-order chi connectivity index (χ1) is 10.0. The van der Waals surface area contributed by atoms with E-state index in [0.717, 1.165) is 11.1 Å². The SMILES string of the molecule is Cc1cc(OCC(=O)N2CCOCC2CO)cc(C)c1Cl. The molecule has 2 rings (SSSR count). The summed E-state index contributed by atoms with van der Waals surface area (Å²) in [6.07, 6.45) is 0. The van der Waals surface area contributed by atoms with Crippen LogP contribution in [0, 0.1) is 13.8 Å². The molecule has 21 heavy (non-hydrogen) atoms. The number of nitrogens with zero attached hydrogens (tertiary/aromatic N) is 1. The average Bonchev–Trinajstić information content (AvgIpc) is 2.50. The number of rotatable bonds is 4. The molecule has 0 aromatic heterocycles. The first-order valence-electron chi connectivity index (χ1n) is 6.90. The van der Waals surface area contributed by atoms with Gasteiger partial charge in [0.15, 0.2) is 6.61 Å². The van der Waals surface area contributed by atoms with Gasteiger partial charge in [-0.25, -0.2) is 0 Å². The van der Waals surface area contributed by atoms with Crippen LogP contribution >= 0.6 is 11.6 Å². The van der Waals surface area contributed by atoms with Crippen molar-refractivity contribution in [2.24, 2.45) is 0 Å². The number of ether oxygens (including phenoxy) is 2. The van der Waals surface area contributed by atoms with Gasteiger partial charge in [-0.15, -0.1) is 0 Å². The Morgan fingerprint density at radius 1 is 1.48 bits per heavy atom. The minimum Gasteiger partial charge on any atom is -0.484 e. The van der Waals surface area contributed by atoms with Crippen LogP contribution in [0.5, 0.6) is 5.75 Å². The fraction of sp³-hybridized carbons (Fsp3) is 0.533. The maximum atomic E-state index is 12.2. The number of carbonyl (C=O) groups is 1. The van der Waals surface area contributed by atoms with Gasteiger partial charge < -0.3 is 19.5 Å². The molecule has 1 aromatic carbocycles. The van der Waals surface area contributed by atoms with Crippen LogP contribution in [0.15, 0.2) is 12.1 Å². The molecule has 1 aromatic rings. The van der Waals surface area contributed by atoms with E-state index in [0.29, 0.717) is 30.5 Å².